The van der Waals surface area contributed by atoms with Crippen LogP contribution in [0.2, 0.25) is 0 Å². The van der Waals surface area contributed by atoms with Crippen LogP contribution in [0.15, 0.2) is 6.07 Å². The molecule has 4 nitrogen and oxygen atoms in total. The van der Waals surface area contributed by atoms with Gasteiger partial charge in [-0.1, -0.05) is 0 Å². The van der Waals surface area contributed by atoms with Crippen molar-refractivity contribution in [3.63, 3.8) is 0 Å². The zero-order chi connectivity index (χ0) is 12.3. The lowest BCUT2D eigenvalue weighted by Crippen LogP contribution is -2.31. The molecule has 1 aromatic heterocycles. The summed E-state index contributed by atoms with van der Waals surface area (Å²) in [6, 6.07) is 1.52. The van der Waals surface area contributed by atoms with Crippen LogP contribution in [0.4, 0.5) is 0 Å². The third-order valence-corrected chi connectivity index (χ3v) is 2.77. The Bertz CT molecular complexity index is 407. The summed E-state index contributed by atoms with van der Waals surface area (Å²) < 4.78 is 1.88. The second kappa shape index (κ2) is 4.96. The molecule has 0 aliphatic heterocycles. The van der Waals surface area contributed by atoms with Crippen LogP contribution in [-0.4, -0.2) is 23.3 Å². The fourth-order valence-electron chi connectivity index (χ4n) is 1.96. The Labute approximate surface area is 95.6 Å². The first-order valence-electron chi connectivity index (χ1n) is 5.44. The zero-order valence-electron chi connectivity index (χ0n) is 10.2. The summed E-state index contributed by atoms with van der Waals surface area (Å²) in [4.78, 5) is 22.5. The van der Waals surface area contributed by atoms with Crippen molar-refractivity contribution in [2.24, 2.45) is 0 Å². The molecule has 1 N–H and O–H groups in total. The lowest BCUT2D eigenvalue weighted by molar-refractivity contribution is -0.123. The van der Waals surface area contributed by atoms with Gasteiger partial charge in [0.2, 0.25) is 5.91 Å². The van der Waals surface area contributed by atoms with Crippen LogP contribution in [0.5, 0.6) is 0 Å². The SMILES string of the molecule is CCNC(=O)C(C)n1c(C)cc(C=O)c1C. The third kappa shape index (κ3) is 2.15. The number of aryl methyl sites for hydroxylation is 1. The van der Waals surface area contributed by atoms with E-state index in [1.807, 2.05) is 32.3 Å². The Morgan fingerprint density at radius 3 is 2.62 bits per heavy atom. The lowest BCUT2D eigenvalue weighted by atomic mass is 10.2. The van der Waals surface area contributed by atoms with Crippen LogP contribution in [0, 0.1) is 13.8 Å². The minimum absolute atomic E-state index is 0.0262. The summed E-state index contributed by atoms with van der Waals surface area (Å²) in [7, 11) is 0. The molecule has 1 amide bonds. The fraction of sp³-hybridized carbons (Fsp3) is 0.500. The minimum Gasteiger partial charge on any atom is -0.355 e. The van der Waals surface area contributed by atoms with E-state index < -0.39 is 0 Å². The average molecular weight is 222 g/mol. The highest BCUT2D eigenvalue weighted by atomic mass is 16.2. The van der Waals surface area contributed by atoms with Gasteiger partial charge in [-0.3, -0.25) is 9.59 Å². The Morgan fingerprint density at radius 1 is 1.56 bits per heavy atom. The van der Waals surface area contributed by atoms with Crippen molar-refractivity contribution >= 4 is 12.2 Å². The van der Waals surface area contributed by atoms with Crippen LogP contribution in [-0.2, 0) is 4.79 Å². The topological polar surface area (TPSA) is 51.1 Å². The largest absolute Gasteiger partial charge is 0.355 e. The van der Waals surface area contributed by atoms with Crippen molar-refractivity contribution in [1.29, 1.82) is 0 Å². The maximum Gasteiger partial charge on any atom is 0.242 e. The first-order valence-corrected chi connectivity index (χ1v) is 5.44. The van der Waals surface area contributed by atoms with Crippen molar-refractivity contribution < 1.29 is 9.59 Å². The molecule has 0 aliphatic carbocycles. The van der Waals surface area contributed by atoms with Gasteiger partial charge in [0.15, 0.2) is 6.29 Å². The Balaban J connectivity index is 3.08. The molecule has 1 rings (SSSR count). The van der Waals surface area contributed by atoms with Gasteiger partial charge in [-0.2, -0.15) is 0 Å². The Hall–Kier alpha value is -1.58. The number of carbonyl (C=O) groups excluding carboxylic acids is 2. The smallest absolute Gasteiger partial charge is 0.242 e. The van der Waals surface area contributed by atoms with E-state index in [1.165, 1.54) is 0 Å². The zero-order valence-corrected chi connectivity index (χ0v) is 10.2. The van der Waals surface area contributed by atoms with Gasteiger partial charge >= 0.3 is 0 Å². The second-order valence-electron chi connectivity index (χ2n) is 3.88. The molecule has 1 aromatic rings. The molecule has 88 valence electrons. The molecule has 0 saturated heterocycles. The molecule has 1 atom stereocenters. The van der Waals surface area contributed by atoms with E-state index in [1.54, 1.807) is 6.07 Å². The van der Waals surface area contributed by atoms with Crippen molar-refractivity contribution in [2.45, 2.75) is 33.7 Å². The third-order valence-electron chi connectivity index (χ3n) is 2.77. The standard InChI is InChI=1S/C12H18N2O2/c1-5-13-12(16)10(4)14-8(2)6-11(7-15)9(14)3/h6-7,10H,5H2,1-4H3,(H,13,16). The van der Waals surface area contributed by atoms with Gasteiger partial charge in [-0.05, 0) is 33.8 Å². The maximum absolute atomic E-state index is 11.7. The number of hydrogen-bond acceptors (Lipinski definition) is 2. The highest BCUT2D eigenvalue weighted by Gasteiger charge is 2.19. The second-order valence-corrected chi connectivity index (χ2v) is 3.88. The van der Waals surface area contributed by atoms with E-state index in [-0.39, 0.29) is 11.9 Å². The highest BCUT2D eigenvalue weighted by Crippen LogP contribution is 2.19. The summed E-state index contributed by atoms with van der Waals surface area (Å²) in [5.41, 5.74) is 2.42. The maximum atomic E-state index is 11.7. The van der Waals surface area contributed by atoms with Gasteiger partial charge in [0.1, 0.15) is 6.04 Å². The molecule has 0 bridgehead atoms. The van der Waals surface area contributed by atoms with E-state index >= 15 is 0 Å². The number of aldehydes is 1. The van der Waals surface area contributed by atoms with Gasteiger partial charge in [-0.25, -0.2) is 0 Å². The highest BCUT2D eigenvalue weighted by molar-refractivity contribution is 5.82. The summed E-state index contributed by atoms with van der Waals surface area (Å²) in [6.07, 6.45) is 0.823. The summed E-state index contributed by atoms with van der Waals surface area (Å²) in [5, 5.41) is 2.78. The number of nitrogens with zero attached hydrogens (tertiary/aromatic N) is 1. The molecule has 0 aromatic carbocycles. The summed E-state index contributed by atoms with van der Waals surface area (Å²) in [6.45, 7) is 8.09. The Morgan fingerprint density at radius 2 is 2.19 bits per heavy atom. The lowest BCUT2D eigenvalue weighted by Gasteiger charge is -2.17. The quantitative estimate of drug-likeness (QED) is 0.787. The molecule has 0 saturated carbocycles. The van der Waals surface area contributed by atoms with Gasteiger partial charge in [-0.15, -0.1) is 0 Å². The first-order chi connectivity index (χ1) is 7.52. The number of aromatic nitrogens is 1. The molecule has 16 heavy (non-hydrogen) atoms. The number of likely N-dealkylation sites (N-methyl/N-ethyl adjacent to an activating group) is 1. The summed E-state index contributed by atoms with van der Waals surface area (Å²) in [5.74, 6) is -0.0262. The molecule has 1 heterocycles. The number of nitrogens with one attached hydrogen (secondary N) is 1. The van der Waals surface area contributed by atoms with Crippen LogP contribution >= 0.6 is 0 Å². The van der Waals surface area contributed by atoms with E-state index in [0.717, 1.165) is 17.7 Å². The van der Waals surface area contributed by atoms with Crippen molar-refractivity contribution in [3.8, 4) is 0 Å². The van der Waals surface area contributed by atoms with E-state index in [4.69, 9.17) is 0 Å². The fourth-order valence-corrected chi connectivity index (χ4v) is 1.96. The minimum atomic E-state index is -0.284. The number of rotatable bonds is 4. The Kier molecular flexibility index (Phi) is 3.88. The predicted octanol–water partition coefficient (Wildman–Crippen LogP) is 1.61. The van der Waals surface area contributed by atoms with E-state index in [0.29, 0.717) is 12.1 Å². The molecule has 0 spiro atoms. The summed E-state index contributed by atoms with van der Waals surface area (Å²) >= 11 is 0. The van der Waals surface area contributed by atoms with Crippen molar-refractivity contribution in [1.82, 2.24) is 9.88 Å². The van der Waals surface area contributed by atoms with Gasteiger partial charge in [0.25, 0.3) is 0 Å². The van der Waals surface area contributed by atoms with Crippen LogP contribution < -0.4 is 5.32 Å². The van der Waals surface area contributed by atoms with Crippen LogP contribution in [0.1, 0.15) is 41.6 Å². The van der Waals surface area contributed by atoms with Gasteiger partial charge < -0.3 is 9.88 Å². The van der Waals surface area contributed by atoms with Crippen molar-refractivity contribution in [2.75, 3.05) is 6.54 Å². The van der Waals surface area contributed by atoms with Gasteiger partial charge in [0.05, 0.1) is 0 Å². The average Bonchev–Trinajstić information content (AvgIpc) is 2.53. The van der Waals surface area contributed by atoms with E-state index in [9.17, 15) is 9.59 Å². The monoisotopic (exact) mass is 222 g/mol. The van der Waals surface area contributed by atoms with Gasteiger partial charge in [0, 0.05) is 23.5 Å². The molecule has 1 unspecified atom stereocenters. The molecule has 0 fully saturated rings. The molecular formula is C12H18N2O2. The van der Waals surface area contributed by atoms with Crippen molar-refractivity contribution in [3.05, 3.63) is 23.0 Å². The van der Waals surface area contributed by atoms with Crippen LogP contribution in [0.25, 0.3) is 0 Å². The molecular weight excluding hydrogens is 204 g/mol. The number of carbonyl (C=O) groups is 2. The normalized spacial score (nSPS) is 12.2. The molecule has 4 heteroatoms. The van der Waals surface area contributed by atoms with E-state index in [2.05, 4.69) is 5.32 Å². The molecule has 0 aliphatic rings. The number of hydrogen-bond donors (Lipinski definition) is 1. The predicted molar refractivity (Wildman–Crippen MR) is 62.7 cm³/mol. The number of amides is 1. The first kappa shape index (κ1) is 12.5. The van der Waals surface area contributed by atoms with Crippen LogP contribution in [0.3, 0.4) is 0 Å². The molecule has 0 radical (unpaired) electrons.